The van der Waals surface area contributed by atoms with Crippen LogP contribution in [0.4, 0.5) is 5.82 Å². The highest BCUT2D eigenvalue weighted by atomic mass is 16.5. The SMILES string of the molecule is CC1(C)CC[C@]2(C(=O)OCc3ccccc3)CC[C@]3(C)C(=C(c4cccc5c4C=CC5)CC4[C@@]5(C)Cc6c(N)n[nH]c6C(C)(C)C5CC[C@]43C)C2C1. The molecule has 0 saturated heterocycles. The second-order valence-corrected chi connectivity index (χ2v) is 20.0. The van der Waals surface area contributed by atoms with Gasteiger partial charge < -0.3 is 10.5 Å². The van der Waals surface area contributed by atoms with Crippen LogP contribution in [0.5, 0.6) is 0 Å². The van der Waals surface area contributed by atoms with Crippen LogP contribution in [0, 0.1) is 44.8 Å². The molecule has 0 spiro atoms. The first-order valence-electron chi connectivity index (χ1n) is 20.2. The van der Waals surface area contributed by atoms with Crippen molar-refractivity contribution in [1.29, 1.82) is 0 Å². The topological polar surface area (TPSA) is 81.0 Å². The molecule has 3 aromatic rings. The molecule has 3 saturated carbocycles. The van der Waals surface area contributed by atoms with E-state index in [1.165, 1.54) is 40.8 Å². The van der Waals surface area contributed by atoms with Gasteiger partial charge in [-0.15, -0.1) is 0 Å². The number of carbonyl (C=O) groups is 1. The maximum atomic E-state index is 14.9. The number of H-pyrrole nitrogens is 1. The van der Waals surface area contributed by atoms with E-state index in [1.54, 1.807) is 11.1 Å². The highest BCUT2D eigenvalue weighted by Gasteiger charge is 2.70. The zero-order valence-corrected chi connectivity index (χ0v) is 32.6. The number of hydrogen-bond acceptors (Lipinski definition) is 4. The van der Waals surface area contributed by atoms with Crippen molar-refractivity contribution in [2.75, 3.05) is 5.73 Å². The molecule has 6 aliphatic rings. The van der Waals surface area contributed by atoms with Crippen LogP contribution in [0.2, 0.25) is 0 Å². The normalized spacial score (nSPS) is 36.5. The van der Waals surface area contributed by atoms with Crippen LogP contribution in [0.1, 0.15) is 133 Å². The van der Waals surface area contributed by atoms with E-state index in [-0.39, 0.29) is 39.0 Å². The molecule has 6 aliphatic carbocycles. The van der Waals surface area contributed by atoms with E-state index in [0.717, 1.165) is 56.9 Å². The lowest BCUT2D eigenvalue weighted by molar-refractivity contribution is -0.181. The molecule has 0 aliphatic heterocycles. The van der Waals surface area contributed by atoms with Crippen LogP contribution < -0.4 is 5.73 Å². The predicted octanol–water partition coefficient (Wildman–Crippen LogP) is 10.6. The number of esters is 1. The first-order valence-corrected chi connectivity index (χ1v) is 20.2. The van der Waals surface area contributed by atoms with Gasteiger partial charge in [-0.2, -0.15) is 5.10 Å². The Hall–Kier alpha value is -3.60. The minimum absolute atomic E-state index is 0.0314. The van der Waals surface area contributed by atoms with Gasteiger partial charge in [0.05, 0.1) is 5.41 Å². The van der Waals surface area contributed by atoms with E-state index in [0.29, 0.717) is 24.3 Å². The summed E-state index contributed by atoms with van der Waals surface area (Å²) in [7, 11) is 0. The number of nitrogens with two attached hydrogens (primary N) is 1. The Bertz CT molecular complexity index is 2020. The Kier molecular flexibility index (Phi) is 7.37. The summed E-state index contributed by atoms with van der Waals surface area (Å²) in [6.45, 7) is 18.0. The summed E-state index contributed by atoms with van der Waals surface area (Å²) in [5, 5.41) is 8.00. The molecule has 3 N–H and O–H groups in total. The van der Waals surface area contributed by atoms with E-state index in [2.05, 4.69) is 101 Å². The number of aromatic amines is 1. The fraction of sp³-hybridized carbons (Fsp3) is 0.574. The van der Waals surface area contributed by atoms with Crippen molar-refractivity contribution in [3.8, 4) is 0 Å². The minimum atomic E-state index is -0.505. The number of anilines is 1. The first-order chi connectivity index (χ1) is 24.6. The zero-order chi connectivity index (χ0) is 36.5. The van der Waals surface area contributed by atoms with Crippen molar-refractivity contribution < 1.29 is 9.53 Å². The van der Waals surface area contributed by atoms with Crippen LogP contribution in [-0.4, -0.2) is 16.2 Å². The number of allylic oxidation sites excluding steroid dienone is 3. The van der Waals surface area contributed by atoms with Gasteiger partial charge >= 0.3 is 5.97 Å². The number of benzene rings is 2. The Morgan fingerprint density at radius 1 is 0.923 bits per heavy atom. The van der Waals surface area contributed by atoms with Gasteiger partial charge in [0.1, 0.15) is 12.4 Å². The number of fused-ring (bicyclic) bond motifs is 9. The molecule has 274 valence electrons. The molecule has 9 rings (SSSR count). The molecule has 5 nitrogen and oxygen atoms in total. The summed E-state index contributed by atoms with van der Waals surface area (Å²) in [6, 6.07) is 17.3. The van der Waals surface area contributed by atoms with Crippen molar-refractivity contribution in [1.82, 2.24) is 10.2 Å². The second kappa shape index (κ2) is 11.2. The Balaban J connectivity index is 1.25. The lowest BCUT2D eigenvalue weighted by Crippen LogP contribution is -2.65. The van der Waals surface area contributed by atoms with E-state index < -0.39 is 5.41 Å². The summed E-state index contributed by atoms with van der Waals surface area (Å²) in [6.07, 6.45) is 15.0. The molecule has 1 aromatic heterocycles. The Labute approximate surface area is 311 Å². The number of aromatic nitrogens is 2. The van der Waals surface area contributed by atoms with Crippen molar-refractivity contribution in [3.05, 3.63) is 93.7 Å². The maximum absolute atomic E-state index is 14.9. The number of ether oxygens (including phenoxy) is 1. The molecule has 52 heavy (non-hydrogen) atoms. The van der Waals surface area contributed by atoms with Crippen molar-refractivity contribution in [2.45, 2.75) is 125 Å². The van der Waals surface area contributed by atoms with E-state index in [1.807, 2.05) is 18.2 Å². The molecule has 1 heterocycles. The first kappa shape index (κ1) is 34.2. The van der Waals surface area contributed by atoms with Gasteiger partial charge in [-0.3, -0.25) is 9.89 Å². The van der Waals surface area contributed by atoms with Crippen LogP contribution in [0.3, 0.4) is 0 Å². The number of hydrogen-bond donors (Lipinski definition) is 2. The van der Waals surface area contributed by atoms with Crippen LogP contribution in [0.15, 0.2) is 60.2 Å². The van der Waals surface area contributed by atoms with Gasteiger partial charge in [-0.1, -0.05) is 115 Å². The molecular formula is C47H59N3O2. The summed E-state index contributed by atoms with van der Waals surface area (Å²) in [5.41, 5.74) is 17.3. The molecule has 2 aromatic carbocycles. The van der Waals surface area contributed by atoms with E-state index in [9.17, 15) is 4.79 Å². The molecule has 0 amide bonds. The average Bonchev–Trinajstić information content (AvgIpc) is 3.74. The lowest BCUT2D eigenvalue weighted by Gasteiger charge is -2.71. The molecule has 0 bridgehead atoms. The fourth-order valence-electron chi connectivity index (χ4n) is 13.8. The lowest BCUT2D eigenvalue weighted by atomic mass is 9.32. The largest absolute Gasteiger partial charge is 0.460 e. The Morgan fingerprint density at radius 2 is 1.69 bits per heavy atom. The predicted molar refractivity (Wildman–Crippen MR) is 210 cm³/mol. The van der Waals surface area contributed by atoms with Gasteiger partial charge in [0.2, 0.25) is 0 Å². The fourth-order valence-corrected chi connectivity index (χ4v) is 13.8. The average molecular weight is 698 g/mol. The number of carbonyl (C=O) groups excluding carboxylic acids is 1. The maximum Gasteiger partial charge on any atom is 0.313 e. The van der Waals surface area contributed by atoms with Gasteiger partial charge in [0.15, 0.2) is 0 Å². The number of nitrogens with zero attached hydrogens (tertiary/aromatic N) is 1. The van der Waals surface area contributed by atoms with Gasteiger partial charge in [-0.25, -0.2) is 0 Å². The van der Waals surface area contributed by atoms with Crippen LogP contribution in [-0.2, 0) is 34.4 Å². The standard InChI is InChI=1S/C47H59N3O2/c1-42(2)21-23-47(41(51)52-28-29-13-9-8-10-14-29)24-22-46(7)38(35(47)27-42)33(32-18-12-16-30-15-11-17-31(30)32)25-37-44(5)26-34-39(49-50-40(34)48)43(3,4)36(44)19-20-45(37,46)6/h8-14,16-18,35-37H,15,19-28H2,1-7H3,(H3,48,49,50)/t35?,36?,37?,44-,45+,46+,47-/m0/s1. The quantitative estimate of drug-likeness (QED) is 0.266. The second-order valence-electron chi connectivity index (χ2n) is 20.0. The van der Waals surface area contributed by atoms with E-state index in [4.69, 9.17) is 10.5 Å². The van der Waals surface area contributed by atoms with Crippen molar-refractivity contribution in [2.24, 2.45) is 44.8 Å². The molecular weight excluding hydrogens is 639 g/mol. The molecule has 3 unspecified atom stereocenters. The number of nitrogens with one attached hydrogen (secondary N) is 1. The summed E-state index contributed by atoms with van der Waals surface area (Å²) in [5.74, 6) is 1.84. The summed E-state index contributed by atoms with van der Waals surface area (Å²) < 4.78 is 6.41. The van der Waals surface area contributed by atoms with Gasteiger partial charge in [-0.05, 0) is 131 Å². The molecule has 3 fully saturated rings. The van der Waals surface area contributed by atoms with E-state index >= 15 is 0 Å². The molecule has 0 radical (unpaired) electrons. The number of rotatable bonds is 4. The Morgan fingerprint density at radius 3 is 2.48 bits per heavy atom. The highest BCUT2D eigenvalue weighted by molar-refractivity contribution is 5.84. The summed E-state index contributed by atoms with van der Waals surface area (Å²) >= 11 is 0. The van der Waals surface area contributed by atoms with Gasteiger partial charge in [0, 0.05) is 16.7 Å². The third-order valence-corrected chi connectivity index (χ3v) is 16.7. The zero-order valence-electron chi connectivity index (χ0n) is 32.6. The molecule has 7 atom stereocenters. The smallest absolute Gasteiger partial charge is 0.313 e. The van der Waals surface area contributed by atoms with Crippen molar-refractivity contribution >= 4 is 23.4 Å². The minimum Gasteiger partial charge on any atom is -0.460 e. The summed E-state index contributed by atoms with van der Waals surface area (Å²) in [4.78, 5) is 14.9. The molecule has 5 heteroatoms. The monoisotopic (exact) mass is 697 g/mol. The number of nitrogen functional groups attached to an aromatic ring is 1. The van der Waals surface area contributed by atoms with Gasteiger partial charge in [0.25, 0.3) is 0 Å². The van der Waals surface area contributed by atoms with Crippen LogP contribution >= 0.6 is 0 Å². The van der Waals surface area contributed by atoms with Crippen molar-refractivity contribution in [3.63, 3.8) is 0 Å². The third-order valence-electron chi connectivity index (χ3n) is 16.7. The third kappa shape index (κ3) is 4.52. The van der Waals surface area contributed by atoms with Crippen LogP contribution in [0.25, 0.3) is 11.6 Å². The highest BCUT2D eigenvalue weighted by Crippen LogP contribution is 2.77.